The van der Waals surface area contributed by atoms with Crippen LogP contribution >= 0.6 is 0 Å². The zero-order valence-corrected chi connectivity index (χ0v) is 17.8. The number of nitro benzene ring substituents is 1. The van der Waals surface area contributed by atoms with Crippen molar-refractivity contribution in [2.24, 2.45) is 0 Å². The molecule has 8 nitrogen and oxygen atoms in total. The number of nitrogens with one attached hydrogen (secondary N) is 1. The molecule has 2 unspecified atom stereocenters. The number of piperidine rings is 1. The Balaban J connectivity index is 1.34. The summed E-state index contributed by atoms with van der Waals surface area (Å²) in [6.07, 6.45) is 6.58. The molecule has 2 atom stereocenters. The molecule has 2 heterocycles. The van der Waals surface area contributed by atoms with E-state index < -0.39 is 0 Å². The van der Waals surface area contributed by atoms with E-state index in [-0.39, 0.29) is 29.4 Å². The quantitative estimate of drug-likeness (QED) is 0.271. The molecule has 3 rings (SSSR count). The maximum absolute atomic E-state index is 11.5. The molecular weight excluding hydrogens is 384 g/mol. The highest BCUT2D eigenvalue weighted by atomic mass is 16.6. The Hall–Kier alpha value is -1.74. The Bertz CT molecular complexity index is 683. The van der Waals surface area contributed by atoms with Gasteiger partial charge in [0.15, 0.2) is 0 Å². The Labute approximate surface area is 179 Å². The first kappa shape index (κ1) is 22.9. The average molecular weight is 421 g/mol. The first-order chi connectivity index (χ1) is 14.6. The van der Waals surface area contributed by atoms with Crippen molar-refractivity contribution in [2.45, 2.75) is 63.6 Å². The Morgan fingerprint density at radius 1 is 1.17 bits per heavy atom. The minimum absolute atomic E-state index is 0.0834. The van der Waals surface area contributed by atoms with Crippen molar-refractivity contribution in [2.75, 3.05) is 44.6 Å². The molecule has 0 aliphatic carbocycles. The normalized spacial score (nSPS) is 22.6. The second kappa shape index (κ2) is 11.6. The number of rotatable bonds is 12. The Morgan fingerprint density at radius 2 is 1.97 bits per heavy atom. The van der Waals surface area contributed by atoms with Crippen molar-refractivity contribution in [1.82, 2.24) is 9.80 Å². The second-order valence-electron chi connectivity index (χ2n) is 8.63. The van der Waals surface area contributed by atoms with E-state index in [1.165, 1.54) is 6.42 Å². The van der Waals surface area contributed by atoms with Crippen LogP contribution in [0.3, 0.4) is 0 Å². The van der Waals surface area contributed by atoms with Gasteiger partial charge in [0.05, 0.1) is 17.6 Å². The fraction of sp³-hybridized carbons (Fsp3) is 0.727. The van der Waals surface area contributed by atoms with Gasteiger partial charge in [-0.1, -0.05) is 18.9 Å². The third kappa shape index (κ3) is 6.63. The van der Waals surface area contributed by atoms with Crippen molar-refractivity contribution in [3.63, 3.8) is 0 Å². The van der Waals surface area contributed by atoms with Crippen molar-refractivity contribution < 1.29 is 15.1 Å². The van der Waals surface area contributed by atoms with E-state index in [0.29, 0.717) is 12.1 Å². The van der Waals surface area contributed by atoms with Crippen molar-refractivity contribution in [3.05, 3.63) is 33.9 Å². The van der Waals surface area contributed by atoms with E-state index in [9.17, 15) is 20.3 Å². The molecule has 2 aliphatic heterocycles. The molecule has 2 saturated heterocycles. The molecule has 0 bridgehead atoms. The van der Waals surface area contributed by atoms with Gasteiger partial charge in [0.25, 0.3) is 5.69 Å². The van der Waals surface area contributed by atoms with Gasteiger partial charge in [-0.25, -0.2) is 0 Å². The van der Waals surface area contributed by atoms with Crippen molar-refractivity contribution in [1.29, 1.82) is 0 Å². The molecule has 30 heavy (non-hydrogen) atoms. The summed E-state index contributed by atoms with van der Waals surface area (Å²) in [4.78, 5) is 15.7. The van der Waals surface area contributed by atoms with E-state index in [4.69, 9.17) is 0 Å². The van der Waals surface area contributed by atoms with E-state index in [1.807, 2.05) is 12.1 Å². The molecule has 0 radical (unpaired) electrons. The van der Waals surface area contributed by atoms with Crippen LogP contribution in [-0.2, 0) is 6.54 Å². The van der Waals surface area contributed by atoms with Gasteiger partial charge in [-0.05, 0) is 63.4 Å². The Morgan fingerprint density at radius 3 is 2.67 bits per heavy atom. The Kier molecular flexibility index (Phi) is 8.87. The van der Waals surface area contributed by atoms with Gasteiger partial charge in [0.1, 0.15) is 5.69 Å². The van der Waals surface area contributed by atoms with Crippen LogP contribution < -0.4 is 5.32 Å². The van der Waals surface area contributed by atoms with Crippen LogP contribution in [0.4, 0.5) is 11.4 Å². The van der Waals surface area contributed by atoms with Crippen LogP contribution in [0.25, 0.3) is 0 Å². The molecule has 0 saturated carbocycles. The summed E-state index contributed by atoms with van der Waals surface area (Å²) in [5.74, 6) is 0. The number of nitro groups is 1. The van der Waals surface area contributed by atoms with Crippen LogP contribution in [0.15, 0.2) is 18.2 Å². The van der Waals surface area contributed by atoms with Crippen LogP contribution in [-0.4, -0.2) is 76.4 Å². The van der Waals surface area contributed by atoms with E-state index in [0.717, 1.165) is 76.9 Å². The van der Waals surface area contributed by atoms with Gasteiger partial charge >= 0.3 is 0 Å². The average Bonchev–Trinajstić information content (AvgIpc) is 2.71. The van der Waals surface area contributed by atoms with Crippen LogP contribution in [0.1, 0.15) is 50.5 Å². The first-order valence-corrected chi connectivity index (χ1v) is 11.3. The van der Waals surface area contributed by atoms with E-state index in [2.05, 4.69) is 15.1 Å². The fourth-order valence-electron chi connectivity index (χ4n) is 4.35. The molecule has 0 amide bonds. The van der Waals surface area contributed by atoms with Crippen LogP contribution in [0.2, 0.25) is 0 Å². The lowest BCUT2D eigenvalue weighted by Gasteiger charge is -2.36. The predicted molar refractivity (Wildman–Crippen MR) is 118 cm³/mol. The zero-order valence-electron chi connectivity index (χ0n) is 17.8. The number of benzene rings is 1. The number of hydrogen-bond acceptors (Lipinski definition) is 7. The molecule has 2 aliphatic rings. The summed E-state index contributed by atoms with van der Waals surface area (Å²) in [5.41, 5.74) is 1.76. The lowest BCUT2D eigenvalue weighted by atomic mass is 9.99. The number of aliphatic hydroxyl groups is 2. The summed E-state index contributed by atoms with van der Waals surface area (Å²) in [6, 6.07) is 5.61. The molecule has 2 fully saturated rings. The van der Waals surface area contributed by atoms with Gasteiger partial charge in [-0.2, -0.15) is 0 Å². The number of nitrogens with zero attached hydrogens (tertiary/aromatic N) is 3. The van der Waals surface area contributed by atoms with Gasteiger partial charge in [-0.3, -0.25) is 19.9 Å². The van der Waals surface area contributed by atoms with Gasteiger partial charge in [-0.15, -0.1) is 0 Å². The van der Waals surface area contributed by atoms with E-state index in [1.54, 1.807) is 6.07 Å². The monoisotopic (exact) mass is 420 g/mol. The summed E-state index contributed by atoms with van der Waals surface area (Å²) >= 11 is 0. The van der Waals surface area contributed by atoms with Gasteiger partial charge < -0.3 is 15.5 Å². The number of unbranched alkanes of at least 4 members (excludes halogenated alkanes) is 3. The van der Waals surface area contributed by atoms with Gasteiger partial charge in [0.2, 0.25) is 0 Å². The summed E-state index contributed by atoms with van der Waals surface area (Å²) in [6.45, 7) is 5.58. The highest BCUT2D eigenvalue weighted by molar-refractivity contribution is 5.62. The first-order valence-electron chi connectivity index (χ1n) is 11.3. The zero-order chi connectivity index (χ0) is 21.3. The number of anilines is 1. The molecule has 168 valence electrons. The molecule has 0 aromatic heterocycles. The van der Waals surface area contributed by atoms with Crippen LogP contribution in [0, 0.1) is 10.1 Å². The lowest BCUT2D eigenvalue weighted by molar-refractivity contribution is -0.384. The highest BCUT2D eigenvalue weighted by Gasteiger charge is 2.26. The smallest absolute Gasteiger partial charge is 0.292 e. The summed E-state index contributed by atoms with van der Waals surface area (Å²) < 4.78 is 0. The predicted octanol–water partition coefficient (Wildman–Crippen LogP) is 2.59. The molecule has 3 N–H and O–H groups in total. The third-order valence-electron chi connectivity index (χ3n) is 6.32. The van der Waals surface area contributed by atoms with Gasteiger partial charge in [0, 0.05) is 31.7 Å². The second-order valence-corrected chi connectivity index (χ2v) is 8.63. The highest BCUT2D eigenvalue weighted by Crippen LogP contribution is 2.27. The molecular formula is C22H36N4O4. The SMILES string of the molecule is O=[N+]([O-])c1cc(CN2CCC2)ccc1NCCCCCCN1CCC(O)CC1CO. The summed E-state index contributed by atoms with van der Waals surface area (Å²) in [7, 11) is 0. The summed E-state index contributed by atoms with van der Waals surface area (Å²) in [5, 5.41) is 33.9. The third-order valence-corrected chi connectivity index (χ3v) is 6.32. The topological polar surface area (TPSA) is 102 Å². The molecule has 0 spiro atoms. The minimum Gasteiger partial charge on any atom is -0.395 e. The van der Waals surface area contributed by atoms with Crippen molar-refractivity contribution >= 4 is 11.4 Å². The molecule has 8 heteroatoms. The minimum atomic E-state index is -0.297. The maximum Gasteiger partial charge on any atom is 0.292 e. The van der Waals surface area contributed by atoms with Crippen LogP contribution in [0.5, 0.6) is 0 Å². The largest absolute Gasteiger partial charge is 0.395 e. The molecule has 1 aromatic carbocycles. The maximum atomic E-state index is 11.5. The van der Waals surface area contributed by atoms with E-state index >= 15 is 0 Å². The molecule has 1 aromatic rings. The number of aliphatic hydroxyl groups excluding tert-OH is 2. The lowest BCUT2D eigenvalue weighted by Crippen LogP contribution is -2.46. The standard InChI is InChI=1S/C22H36N4O4/c27-17-19-15-20(28)8-13-25(19)12-4-2-1-3-9-23-21-7-6-18(14-22(21)26(29)30)16-24-10-5-11-24/h6-7,14,19-20,23,27-28H,1-5,8-13,15-17H2. The van der Waals surface area contributed by atoms with Crippen molar-refractivity contribution in [3.8, 4) is 0 Å². The number of likely N-dealkylation sites (tertiary alicyclic amines) is 2. The number of hydrogen-bond donors (Lipinski definition) is 3. The fourth-order valence-corrected chi connectivity index (χ4v) is 4.35.